The van der Waals surface area contributed by atoms with Crippen molar-refractivity contribution in [3.05, 3.63) is 47.5 Å². The van der Waals surface area contributed by atoms with Crippen LogP contribution >= 0.6 is 0 Å². The van der Waals surface area contributed by atoms with Crippen LogP contribution < -0.4 is 0 Å². The van der Waals surface area contributed by atoms with Gasteiger partial charge in [0.25, 0.3) is 0 Å². The molecular formula is C15H19N. The lowest BCUT2D eigenvalue weighted by atomic mass is 10.00. The lowest BCUT2D eigenvalue weighted by Gasteiger charge is -2.16. The zero-order valence-electron chi connectivity index (χ0n) is 10.3. The van der Waals surface area contributed by atoms with Gasteiger partial charge in [0.1, 0.15) is 0 Å². The van der Waals surface area contributed by atoms with E-state index < -0.39 is 0 Å². The van der Waals surface area contributed by atoms with Gasteiger partial charge < -0.3 is 4.90 Å². The summed E-state index contributed by atoms with van der Waals surface area (Å²) in [5.41, 5.74) is 2.85. The predicted molar refractivity (Wildman–Crippen MR) is 70.7 cm³/mol. The molecule has 2 rings (SSSR count). The summed E-state index contributed by atoms with van der Waals surface area (Å²) in [6, 6.07) is 13.1. The SMILES string of the molecule is CCN(C)Cc1ccc2ccccc2c1C. The minimum atomic E-state index is 1.03. The van der Waals surface area contributed by atoms with Crippen LogP contribution in [0.3, 0.4) is 0 Å². The van der Waals surface area contributed by atoms with Crippen LogP contribution in [-0.4, -0.2) is 18.5 Å². The van der Waals surface area contributed by atoms with Gasteiger partial charge in [-0.05, 0) is 42.4 Å². The summed E-state index contributed by atoms with van der Waals surface area (Å²) in [6.07, 6.45) is 0. The van der Waals surface area contributed by atoms with Crippen molar-refractivity contribution in [3.8, 4) is 0 Å². The quantitative estimate of drug-likeness (QED) is 0.753. The molecule has 1 nitrogen and oxygen atoms in total. The highest BCUT2D eigenvalue weighted by Crippen LogP contribution is 2.22. The molecule has 0 saturated heterocycles. The molecule has 0 saturated carbocycles. The van der Waals surface area contributed by atoms with Crippen LogP contribution in [0, 0.1) is 6.92 Å². The summed E-state index contributed by atoms with van der Waals surface area (Å²) in [4.78, 5) is 2.33. The Bertz CT molecular complexity index is 488. The monoisotopic (exact) mass is 213 g/mol. The fourth-order valence-corrected chi connectivity index (χ4v) is 2.05. The molecule has 0 heterocycles. The third-order valence-corrected chi connectivity index (χ3v) is 3.29. The first-order chi connectivity index (χ1) is 7.72. The fourth-order valence-electron chi connectivity index (χ4n) is 2.05. The number of rotatable bonds is 3. The first kappa shape index (κ1) is 11.2. The molecule has 84 valence electrons. The highest BCUT2D eigenvalue weighted by molar-refractivity contribution is 5.86. The van der Waals surface area contributed by atoms with Gasteiger partial charge in [0.05, 0.1) is 0 Å². The second kappa shape index (κ2) is 4.67. The molecule has 0 aromatic heterocycles. The fraction of sp³-hybridized carbons (Fsp3) is 0.333. The lowest BCUT2D eigenvalue weighted by Crippen LogP contribution is -2.17. The van der Waals surface area contributed by atoms with Gasteiger partial charge in [-0.25, -0.2) is 0 Å². The van der Waals surface area contributed by atoms with E-state index in [0.29, 0.717) is 0 Å². The Morgan fingerprint density at radius 3 is 2.56 bits per heavy atom. The first-order valence-corrected chi connectivity index (χ1v) is 5.88. The van der Waals surface area contributed by atoms with E-state index in [-0.39, 0.29) is 0 Å². The molecule has 2 aromatic carbocycles. The molecular weight excluding hydrogens is 194 g/mol. The Labute approximate surface area is 97.7 Å². The summed E-state index contributed by atoms with van der Waals surface area (Å²) in [7, 11) is 2.16. The summed E-state index contributed by atoms with van der Waals surface area (Å²) in [5.74, 6) is 0. The van der Waals surface area contributed by atoms with Crippen LogP contribution in [0.15, 0.2) is 36.4 Å². The van der Waals surface area contributed by atoms with E-state index in [1.807, 2.05) is 0 Å². The van der Waals surface area contributed by atoms with E-state index in [1.54, 1.807) is 0 Å². The molecule has 0 bridgehead atoms. The Balaban J connectivity index is 2.44. The zero-order valence-corrected chi connectivity index (χ0v) is 10.3. The summed E-state index contributed by atoms with van der Waals surface area (Å²) < 4.78 is 0. The molecule has 0 radical (unpaired) electrons. The molecule has 0 atom stereocenters. The Morgan fingerprint density at radius 1 is 1.06 bits per heavy atom. The number of hydrogen-bond donors (Lipinski definition) is 0. The Kier molecular flexibility index (Phi) is 3.25. The van der Waals surface area contributed by atoms with Crippen molar-refractivity contribution < 1.29 is 0 Å². The standard InChI is InChI=1S/C15H19N/c1-4-16(3)11-14-10-9-13-7-5-6-8-15(13)12(14)2/h5-10H,4,11H2,1-3H3. The van der Waals surface area contributed by atoms with Crippen molar-refractivity contribution in [3.63, 3.8) is 0 Å². The minimum Gasteiger partial charge on any atom is -0.302 e. The van der Waals surface area contributed by atoms with Crippen LogP contribution in [-0.2, 0) is 6.54 Å². The van der Waals surface area contributed by atoms with Gasteiger partial charge in [0.15, 0.2) is 0 Å². The van der Waals surface area contributed by atoms with Gasteiger partial charge in [0.2, 0.25) is 0 Å². The van der Waals surface area contributed by atoms with E-state index in [1.165, 1.54) is 21.9 Å². The van der Waals surface area contributed by atoms with Gasteiger partial charge in [0, 0.05) is 6.54 Å². The van der Waals surface area contributed by atoms with E-state index in [9.17, 15) is 0 Å². The Hall–Kier alpha value is -1.34. The first-order valence-electron chi connectivity index (χ1n) is 5.88. The molecule has 0 N–H and O–H groups in total. The van der Waals surface area contributed by atoms with Crippen molar-refractivity contribution in [2.24, 2.45) is 0 Å². The van der Waals surface area contributed by atoms with Crippen LogP contribution in [0.1, 0.15) is 18.1 Å². The van der Waals surface area contributed by atoms with Gasteiger partial charge >= 0.3 is 0 Å². The molecule has 0 unspecified atom stereocenters. The van der Waals surface area contributed by atoms with Gasteiger partial charge in [-0.3, -0.25) is 0 Å². The molecule has 0 aliphatic rings. The predicted octanol–water partition coefficient (Wildman–Crippen LogP) is 3.60. The molecule has 0 fully saturated rings. The molecule has 2 aromatic rings. The maximum absolute atomic E-state index is 2.33. The van der Waals surface area contributed by atoms with Crippen molar-refractivity contribution >= 4 is 10.8 Å². The molecule has 0 amide bonds. The average Bonchev–Trinajstić information content (AvgIpc) is 2.33. The smallest absolute Gasteiger partial charge is 0.0233 e. The van der Waals surface area contributed by atoms with E-state index in [2.05, 4.69) is 62.2 Å². The maximum atomic E-state index is 2.33. The Morgan fingerprint density at radius 2 is 1.81 bits per heavy atom. The van der Waals surface area contributed by atoms with Crippen LogP contribution in [0.25, 0.3) is 10.8 Å². The molecule has 16 heavy (non-hydrogen) atoms. The van der Waals surface area contributed by atoms with Crippen LogP contribution in [0.4, 0.5) is 0 Å². The highest BCUT2D eigenvalue weighted by atomic mass is 15.1. The third-order valence-electron chi connectivity index (χ3n) is 3.29. The van der Waals surface area contributed by atoms with Crippen molar-refractivity contribution in [2.75, 3.05) is 13.6 Å². The second-order valence-corrected chi connectivity index (χ2v) is 4.40. The van der Waals surface area contributed by atoms with Crippen LogP contribution in [0.2, 0.25) is 0 Å². The van der Waals surface area contributed by atoms with Crippen molar-refractivity contribution in [1.29, 1.82) is 0 Å². The summed E-state index contributed by atoms with van der Waals surface area (Å²) in [5, 5.41) is 2.72. The zero-order chi connectivity index (χ0) is 11.5. The molecule has 1 heteroatoms. The van der Waals surface area contributed by atoms with Crippen LogP contribution in [0.5, 0.6) is 0 Å². The molecule has 0 aliphatic carbocycles. The number of benzene rings is 2. The minimum absolute atomic E-state index is 1.03. The highest BCUT2D eigenvalue weighted by Gasteiger charge is 2.04. The maximum Gasteiger partial charge on any atom is 0.0233 e. The van der Waals surface area contributed by atoms with Crippen molar-refractivity contribution in [1.82, 2.24) is 4.90 Å². The summed E-state index contributed by atoms with van der Waals surface area (Å²) in [6.45, 7) is 6.54. The van der Waals surface area contributed by atoms with E-state index in [4.69, 9.17) is 0 Å². The number of aryl methyl sites for hydroxylation is 1. The van der Waals surface area contributed by atoms with Gasteiger partial charge in [-0.15, -0.1) is 0 Å². The normalized spacial score (nSPS) is 11.2. The number of hydrogen-bond acceptors (Lipinski definition) is 1. The number of fused-ring (bicyclic) bond motifs is 1. The van der Waals surface area contributed by atoms with E-state index >= 15 is 0 Å². The number of nitrogens with zero attached hydrogens (tertiary/aromatic N) is 1. The topological polar surface area (TPSA) is 3.24 Å². The average molecular weight is 213 g/mol. The van der Waals surface area contributed by atoms with Gasteiger partial charge in [-0.1, -0.05) is 43.3 Å². The van der Waals surface area contributed by atoms with Crippen molar-refractivity contribution in [2.45, 2.75) is 20.4 Å². The van der Waals surface area contributed by atoms with E-state index in [0.717, 1.165) is 13.1 Å². The largest absolute Gasteiger partial charge is 0.302 e. The third kappa shape index (κ3) is 2.10. The molecule has 0 aliphatic heterocycles. The molecule has 0 spiro atoms. The summed E-state index contributed by atoms with van der Waals surface area (Å²) >= 11 is 0. The van der Waals surface area contributed by atoms with Gasteiger partial charge in [-0.2, -0.15) is 0 Å². The lowest BCUT2D eigenvalue weighted by molar-refractivity contribution is 0.345. The second-order valence-electron chi connectivity index (χ2n) is 4.40.